The van der Waals surface area contributed by atoms with Crippen molar-refractivity contribution in [3.05, 3.63) is 53.7 Å². The van der Waals surface area contributed by atoms with Crippen molar-refractivity contribution in [2.24, 2.45) is 0 Å². The largest absolute Gasteiger partial charge is 0.339 e. The molecule has 0 aliphatic carbocycles. The summed E-state index contributed by atoms with van der Waals surface area (Å²) in [6.07, 6.45) is 0.404. The molecule has 0 saturated carbocycles. The maximum atomic E-state index is 12.2. The van der Waals surface area contributed by atoms with Crippen LogP contribution in [0.4, 0.5) is 5.69 Å². The van der Waals surface area contributed by atoms with Gasteiger partial charge in [-0.15, -0.1) is 11.3 Å². The normalized spacial score (nSPS) is 18.1. The van der Waals surface area contributed by atoms with Crippen LogP contribution >= 0.6 is 11.3 Å². The Hall–Kier alpha value is -2.47. The maximum absolute atomic E-state index is 12.2. The van der Waals surface area contributed by atoms with Gasteiger partial charge >= 0.3 is 0 Å². The quantitative estimate of drug-likeness (QED) is 0.744. The lowest BCUT2D eigenvalue weighted by atomic mass is 10.1. The lowest BCUT2D eigenvalue weighted by Crippen LogP contribution is -2.24. The van der Waals surface area contributed by atoms with Crippen molar-refractivity contribution >= 4 is 22.9 Å². The fourth-order valence-corrected chi connectivity index (χ4v) is 3.29. The van der Waals surface area contributed by atoms with Crippen LogP contribution in [0.3, 0.4) is 0 Å². The first-order chi connectivity index (χ1) is 10.8. The molecule has 0 N–H and O–H groups in total. The molecule has 22 heavy (non-hydrogen) atoms. The Bertz CT molecular complexity index is 783. The minimum atomic E-state index is -0.0473. The second-order valence-electron chi connectivity index (χ2n) is 5.17. The van der Waals surface area contributed by atoms with E-state index in [2.05, 4.69) is 10.1 Å². The van der Waals surface area contributed by atoms with Crippen molar-refractivity contribution in [1.82, 2.24) is 10.1 Å². The van der Waals surface area contributed by atoms with Crippen LogP contribution in [0.15, 0.2) is 52.4 Å². The van der Waals surface area contributed by atoms with Crippen molar-refractivity contribution in [2.45, 2.75) is 12.3 Å². The first-order valence-corrected chi connectivity index (χ1v) is 7.92. The number of rotatable bonds is 3. The van der Waals surface area contributed by atoms with E-state index in [0.29, 0.717) is 24.7 Å². The highest BCUT2D eigenvalue weighted by Gasteiger charge is 2.35. The predicted molar refractivity (Wildman–Crippen MR) is 83.8 cm³/mol. The van der Waals surface area contributed by atoms with E-state index in [4.69, 9.17) is 4.52 Å². The van der Waals surface area contributed by atoms with Crippen LogP contribution < -0.4 is 4.90 Å². The van der Waals surface area contributed by atoms with Crippen molar-refractivity contribution in [3.8, 4) is 10.7 Å². The highest BCUT2D eigenvalue weighted by Crippen LogP contribution is 2.32. The molecule has 0 spiro atoms. The van der Waals surface area contributed by atoms with Crippen LogP contribution in [0.25, 0.3) is 10.7 Å². The third-order valence-corrected chi connectivity index (χ3v) is 4.59. The van der Waals surface area contributed by atoms with Crippen molar-refractivity contribution in [1.29, 1.82) is 0 Å². The molecule has 1 fully saturated rings. The molecule has 2 aromatic heterocycles. The third-order valence-electron chi connectivity index (χ3n) is 3.73. The number of benzene rings is 1. The predicted octanol–water partition coefficient (Wildman–Crippen LogP) is 3.32. The number of carbonyl (C=O) groups is 1. The van der Waals surface area contributed by atoms with Gasteiger partial charge in [0, 0.05) is 18.7 Å². The average molecular weight is 311 g/mol. The summed E-state index contributed by atoms with van der Waals surface area (Å²) in [5.74, 6) is 1.17. The first kappa shape index (κ1) is 13.2. The summed E-state index contributed by atoms with van der Waals surface area (Å²) in [5, 5.41) is 5.99. The molecule has 0 bridgehead atoms. The van der Waals surface area contributed by atoms with E-state index in [1.165, 1.54) is 0 Å². The monoisotopic (exact) mass is 311 g/mol. The molecule has 1 aliphatic rings. The number of amides is 1. The van der Waals surface area contributed by atoms with Gasteiger partial charge in [-0.05, 0) is 23.6 Å². The van der Waals surface area contributed by atoms with E-state index >= 15 is 0 Å². The SMILES string of the molecule is O=C1CC(c2nc(-c3cccs3)no2)CN1c1ccccc1. The van der Waals surface area contributed by atoms with Gasteiger partial charge in [-0.25, -0.2) is 0 Å². The molecule has 1 amide bonds. The second kappa shape index (κ2) is 5.38. The zero-order valence-electron chi connectivity index (χ0n) is 11.7. The van der Waals surface area contributed by atoms with Crippen LogP contribution in [0, 0.1) is 0 Å². The number of hydrogen-bond donors (Lipinski definition) is 0. The Balaban J connectivity index is 1.56. The minimum absolute atomic E-state index is 0.0473. The fourth-order valence-electron chi connectivity index (χ4n) is 2.64. The van der Waals surface area contributed by atoms with Gasteiger partial charge in [0.05, 0.1) is 10.8 Å². The van der Waals surface area contributed by atoms with E-state index < -0.39 is 0 Å². The number of aromatic nitrogens is 2. The summed E-state index contributed by atoms with van der Waals surface area (Å²) in [4.78, 5) is 19.4. The van der Waals surface area contributed by atoms with E-state index in [1.54, 1.807) is 16.2 Å². The van der Waals surface area contributed by atoms with Gasteiger partial charge in [0.25, 0.3) is 0 Å². The van der Waals surface area contributed by atoms with Gasteiger partial charge in [-0.1, -0.05) is 29.4 Å². The number of anilines is 1. The Morgan fingerprint density at radius 2 is 2.05 bits per heavy atom. The minimum Gasteiger partial charge on any atom is -0.339 e. The number of carbonyl (C=O) groups excluding carboxylic acids is 1. The highest BCUT2D eigenvalue weighted by molar-refractivity contribution is 7.13. The number of nitrogens with zero attached hydrogens (tertiary/aromatic N) is 3. The standard InChI is InChI=1S/C16H13N3O2S/c20-14-9-11(10-19(14)12-5-2-1-3-6-12)16-17-15(18-21-16)13-7-4-8-22-13/h1-8,11H,9-10H2. The smallest absolute Gasteiger partial charge is 0.232 e. The molecule has 110 valence electrons. The molecule has 3 aromatic rings. The van der Waals surface area contributed by atoms with Crippen LogP contribution in [-0.2, 0) is 4.79 Å². The molecule has 3 heterocycles. The fraction of sp³-hybridized carbons (Fsp3) is 0.188. The molecule has 4 rings (SSSR count). The van der Waals surface area contributed by atoms with Gasteiger partial charge in [-0.3, -0.25) is 4.79 Å². The highest BCUT2D eigenvalue weighted by atomic mass is 32.1. The topological polar surface area (TPSA) is 59.2 Å². The van der Waals surface area contributed by atoms with Gasteiger partial charge < -0.3 is 9.42 Å². The van der Waals surface area contributed by atoms with Crippen LogP contribution in [0.2, 0.25) is 0 Å². The van der Waals surface area contributed by atoms with Crippen LogP contribution in [0.5, 0.6) is 0 Å². The average Bonchev–Trinajstić information content (AvgIpc) is 3.28. The number of hydrogen-bond acceptors (Lipinski definition) is 5. The molecule has 0 radical (unpaired) electrons. The molecule has 1 unspecified atom stereocenters. The molecular formula is C16H13N3O2S. The molecule has 1 aliphatic heterocycles. The molecule has 1 saturated heterocycles. The summed E-state index contributed by atoms with van der Waals surface area (Å²) in [7, 11) is 0. The maximum Gasteiger partial charge on any atom is 0.232 e. The van der Waals surface area contributed by atoms with Gasteiger partial charge in [-0.2, -0.15) is 4.98 Å². The first-order valence-electron chi connectivity index (χ1n) is 7.04. The molecule has 1 aromatic carbocycles. The third kappa shape index (κ3) is 2.31. The Morgan fingerprint density at radius 3 is 2.82 bits per heavy atom. The Morgan fingerprint density at radius 1 is 1.18 bits per heavy atom. The zero-order valence-corrected chi connectivity index (χ0v) is 12.5. The van der Waals surface area contributed by atoms with Gasteiger partial charge in [0.1, 0.15) is 0 Å². The number of para-hydroxylation sites is 1. The van der Waals surface area contributed by atoms with Crippen LogP contribution in [-0.4, -0.2) is 22.6 Å². The summed E-state index contributed by atoms with van der Waals surface area (Å²) in [6.45, 7) is 0.578. The summed E-state index contributed by atoms with van der Waals surface area (Å²) >= 11 is 1.57. The molecule has 1 atom stereocenters. The second-order valence-corrected chi connectivity index (χ2v) is 6.12. The van der Waals surface area contributed by atoms with Gasteiger partial charge in [0.15, 0.2) is 0 Å². The van der Waals surface area contributed by atoms with Crippen molar-refractivity contribution in [3.63, 3.8) is 0 Å². The van der Waals surface area contributed by atoms with E-state index in [9.17, 15) is 4.79 Å². The summed E-state index contributed by atoms with van der Waals surface area (Å²) < 4.78 is 5.37. The van der Waals surface area contributed by atoms with E-state index in [1.807, 2.05) is 47.8 Å². The molecular weight excluding hydrogens is 298 g/mol. The lowest BCUT2D eigenvalue weighted by Gasteiger charge is -2.15. The lowest BCUT2D eigenvalue weighted by molar-refractivity contribution is -0.117. The van der Waals surface area contributed by atoms with Crippen molar-refractivity contribution < 1.29 is 9.32 Å². The summed E-state index contributed by atoms with van der Waals surface area (Å²) in [5.41, 5.74) is 0.910. The van der Waals surface area contributed by atoms with E-state index in [-0.39, 0.29) is 11.8 Å². The number of thiophene rings is 1. The van der Waals surface area contributed by atoms with Crippen molar-refractivity contribution in [2.75, 3.05) is 11.4 Å². The zero-order chi connectivity index (χ0) is 14.9. The van der Waals surface area contributed by atoms with E-state index in [0.717, 1.165) is 10.6 Å². The molecule has 6 heteroatoms. The Labute approximate surface area is 131 Å². The van der Waals surface area contributed by atoms with Crippen LogP contribution in [0.1, 0.15) is 18.2 Å². The molecule has 5 nitrogen and oxygen atoms in total. The summed E-state index contributed by atoms with van der Waals surface area (Å²) in [6, 6.07) is 13.6. The Kier molecular flexibility index (Phi) is 3.23. The van der Waals surface area contributed by atoms with Gasteiger partial charge in [0.2, 0.25) is 17.6 Å².